The first kappa shape index (κ1) is 14.1. The Morgan fingerprint density at radius 3 is 2.81 bits per heavy atom. The van der Waals surface area contributed by atoms with Crippen LogP contribution in [0.5, 0.6) is 0 Å². The van der Waals surface area contributed by atoms with E-state index in [0.29, 0.717) is 23.8 Å². The van der Waals surface area contributed by atoms with Gasteiger partial charge in [0.2, 0.25) is 5.89 Å². The van der Waals surface area contributed by atoms with E-state index >= 15 is 0 Å². The second-order valence-corrected chi connectivity index (χ2v) is 5.04. The van der Waals surface area contributed by atoms with Crippen molar-refractivity contribution in [1.82, 2.24) is 20.4 Å². The SMILES string of the molecule is Fc1ccc(Cc2noc(CN3CCNCC3)n2)c(F)c1. The summed E-state index contributed by atoms with van der Waals surface area (Å²) in [7, 11) is 0. The highest BCUT2D eigenvalue weighted by atomic mass is 19.1. The molecule has 3 rings (SSSR count). The third-order valence-electron chi connectivity index (χ3n) is 3.44. The normalized spacial score (nSPS) is 16.3. The lowest BCUT2D eigenvalue weighted by atomic mass is 10.1. The van der Waals surface area contributed by atoms with Crippen molar-refractivity contribution in [2.45, 2.75) is 13.0 Å². The topological polar surface area (TPSA) is 54.2 Å². The van der Waals surface area contributed by atoms with E-state index in [-0.39, 0.29) is 6.42 Å². The van der Waals surface area contributed by atoms with Gasteiger partial charge in [0.1, 0.15) is 11.6 Å². The van der Waals surface area contributed by atoms with Crippen LogP contribution in [0.3, 0.4) is 0 Å². The summed E-state index contributed by atoms with van der Waals surface area (Å²) in [6.45, 7) is 4.36. The first-order valence-electron chi connectivity index (χ1n) is 6.89. The third kappa shape index (κ3) is 3.62. The van der Waals surface area contributed by atoms with Gasteiger partial charge < -0.3 is 9.84 Å². The summed E-state index contributed by atoms with van der Waals surface area (Å²) >= 11 is 0. The molecule has 7 heteroatoms. The van der Waals surface area contributed by atoms with E-state index in [9.17, 15) is 8.78 Å². The van der Waals surface area contributed by atoms with Crippen LogP contribution < -0.4 is 5.32 Å². The molecule has 0 saturated carbocycles. The molecule has 1 aromatic carbocycles. The summed E-state index contributed by atoms with van der Waals surface area (Å²) in [6.07, 6.45) is 0.192. The first-order valence-corrected chi connectivity index (χ1v) is 6.89. The Bertz CT molecular complexity index is 611. The van der Waals surface area contributed by atoms with Crippen molar-refractivity contribution in [2.75, 3.05) is 26.2 Å². The second-order valence-electron chi connectivity index (χ2n) is 5.04. The predicted octanol–water partition coefficient (Wildman–Crippen LogP) is 1.34. The maximum Gasteiger partial charge on any atom is 0.240 e. The minimum atomic E-state index is -0.594. The average Bonchev–Trinajstić information content (AvgIpc) is 2.90. The molecule has 112 valence electrons. The molecule has 1 aromatic heterocycles. The maximum absolute atomic E-state index is 13.6. The maximum atomic E-state index is 13.6. The monoisotopic (exact) mass is 294 g/mol. The van der Waals surface area contributed by atoms with Crippen molar-refractivity contribution in [3.8, 4) is 0 Å². The highest BCUT2D eigenvalue weighted by Gasteiger charge is 2.15. The van der Waals surface area contributed by atoms with E-state index < -0.39 is 11.6 Å². The minimum Gasteiger partial charge on any atom is -0.338 e. The smallest absolute Gasteiger partial charge is 0.240 e. The number of aromatic nitrogens is 2. The molecule has 2 heterocycles. The third-order valence-corrected chi connectivity index (χ3v) is 3.44. The Labute approximate surface area is 120 Å². The van der Waals surface area contributed by atoms with Gasteiger partial charge in [-0.3, -0.25) is 4.90 Å². The highest BCUT2D eigenvalue weighted by molar-refractivity contribution is 5.21. The van der Waals surface area contributed by atoms with Crippen LogP contribution in [0.25, 0.3) is 0 Å². The molecule has 21 heavy (non-hydrogen) atoms. The van der Waals surface area contributed by atoms with Gasteiger partial charge in [-0.1, -0.05) is 11.2 Å². The van der Waals surface area contributed by atoms with Crippen LogP contribution in [0, 0.1) is 11.6 Å². The van der Waals surface area contributed by atoms with E-state index in [0.717, 1.165) is 32.2 Å². The standard InChI is InChI=1S/C14H16F2N4O/c15-11-2-1-10(12(16)8-11)7-13-18-14(21-19-13)9-20-5-3-17-4-6-20/h1-2,8,17H,3-7,9H2. The van der Waals surface area contributed by atoms with E-state index in [1.807, 2.05) is 0 Å². The van der Waals surface area contributed by atoms with Crippen LogP contribution in [-0.2, 0) is 13.0 Å². The van der Waals surface area contributed by atoms with Crippen molar-refractivity contribution in [2.24, 2.45) is 0 Å². The van der Waals surface area contributed by atoms with Crippen molar-refractivity contribution in [1.29, 1.82) is 0 Å². The van der Waals surface area contributed by atoms with E-state index in [1.165, 1.54) is 12.1 Å². The van der Waals surface area contributed by atoms with Crippen LogP contribution in [0.15, 0.2) is 22.7 Å². The lowest BCUT2D eigenvalue weighted by molar-refractivity contribution is 0.203. The molecule has 0 unspecified atom stereocenters. The second kappa shape index (κ2) is 6.28. The van der Waals surface area contributed by atoms with Crippen molar-refractivity contribution < 1.29 is 13.3 Å². The largest absolute Gasteiger partial charge is 0.338 e. The van der Waals surface area contributed by atoms with Crippen molar-refractivity contribution in [3.63, 3.8) is 0 Å². The number of hydrogen-bond acceptors (Lipinski definition) is 5. The fraction of sp³-hybridized carbons (Fsp3) is 0.429. The number of piperazine rings is 1. The lowest BCUT2D eigenvalue weighted by Crippen LogP contribution is -2.42. The molecule has 0 amide bonds. The first-order chi connectivity index (χ1) is 10.2. The Hall–Kier alpha value is -1.86. The molecular formula is C14H16F2N4O. The van der Waals surface area contributed by atoms with Gasteiger partial charge in [-0.15, -0.1) is 0 Å². The molecule has 5 nitrogen and oxygen atoms in total. The molecule has 0 bridgehead atoms. The van der Waals surface area contributed by atoms with Gasteiger partial charge in [0.15, 0.2) is 5.82 Å². The Kier molecular flexibility index (Phi) is 4.21. The van der Waals surface area contributed by atoms with Crippen LogP contribution >= 0.6 is 0 Å². The number of rotatable bonds is 4. The fourth-order valence-corrected chi connectivity index (χ4v) is 2.32. The number of hydrogen-bond donors (Lipinski definition) is 1. The van der Waals surface area contributed by atoms with Gasteiger partial charge >= 0.3 is 0 Å². The van der Waals surface area contributed by atoms with Gasteiger partial charge in [0.25, 0.3) is 0 Å². The summed E-state index contributed by atoms with van der Waals surface area (Å²) in [5.74, 6) is -0.257. The highest BCUT2D eigenvalue weighted by Crippen LogP contribution is 2.13. The molecule has 2 aromatic rings. The van der Waals surface area contributed by atoms with Gasteiger partial charge in [-0.2, -0.15) is 4.98 Å². The number of nitrogens with zero attached hydrogens (tertiary/aromatic N) is 3. The molecule has 1 aliphatic heterocycles. The van der Waals surface area contributed by atoms with E-state index in [2.05, 4.69) is 20.4 Å². The molecule has 1 N–H and O–H groups in total. The van der Waals surface area contributed by atoms with Gasteiger partial charge in [0, 0.05) is 38.7 Å². The van der Waals surface area contributed by atoms with Gasteiger partial charge in [-0.05, 0) is 11.6 Å². The zero-order chi connectivity index (χ0) is 14.7. The molecule has 0 atom stereocenters. The average molecular weight is 294 g/mol. The lowest BCUT2D eigenvalue weighted by Gasteiger charge is -2.25. The molecule has 0 aliphatic carbocycles. The molecule has 0 spiro atoms. The quantitative estimate of drug-likeness (QED) is 0.922. The van der Waals surface area contributed by atoms with Crippen LogP contribution in [0.1, 0.15) is 17.3 Å². The van der Waals surface area contributed by atoms with Crippen molar-refractivity contribution >= 4 is 0 Å². The number of benzene rings is 1. The van der Waals surface area contributed by atoms with Crippen molar-refractivity contribution in [3.05, 3.63) is 47.1 Å². The zero-order valence-corrected chi connectivity index (χ0v) is 11.5. The fourth-order valence-electron chi connectivity index (χ4n) is 2.32. The molecule has 1 aliphatic rings. The Balaban J connectivity index is 1.64. The summed E-state index contributed by atoms with van der Waals surface area (Å²) in [5.41, 5.74) is 0.353. The summed E-state index contributed by atoms with van der Waals surface area (Å²) < 4.78 is 31.6. The zero-order valence-electron chi connectivity index (χ0n) is 11.5. The van der Waals surface area contributed by atoms with Crippen LogP contribution in [-0.4, -0.2) is 41.2 Å². The van der Waals surface area contributed by atoms with E-state index in [4.69, 9.17) is 4.52 Å². The summed E-state index contributed by atoms with van der Waals surface area (Å²) in [5, 5.41) is 7.12. The van der Waals surface area contributed by atoms with Crippen LogP contribution in [0.4, 0.5) is 8.78 Å². The van der Waals surface area contributed by atoms with Gasteiger partial charge in [-0.25, -0.2) is 8.78 Å². The summed E-state index contributed by atoms with van der Waals surface area (Å²) in [4.78, 5) is 6.48. The number of halogens is 2. The van der Waals surface area contributed by atoms with E-state index in [1.54, 1.807) is 0 Å². The minimum absolute atomic E-state index is 0.192. The Morgan fingerprint density at radius 1 is 1.24 bits per heavy atom. The van der Waals surface area contributed by atoms with Crippen LogP contribution in [0.2, 0.25) is 0 Å². The predicted molar refractivity (Wildman–Crippen MR) is 71.6 cm³/mol. The molecule has 0 radical (unpaired) electrons. The summed E-state index contributed by atoms with van der Waals surface area (Å²) in [6, 6.07) is 3.48. The molecule has 1 saturated heterocycles. The molecule has 1 fully saturated rings. The molecular weight excluding hydrogens is 278 g/mol. The van der Waals surface area contributed by atoms with Gasteiger partial charge in [0.05, 0.1) is 6.54 Å². The number of nitrogens with one attached hydrogen (secondary N) is 1. The Morgan fingerprint density at radius 2 is 2.05 bits per heavy atom.